The van der Waals surface area contributed by atoms with Crippen LogP contribution in [0, 0.1) is 17.8 Å². The predicted octanol–water partition coefficient (Wildman–Crippen LogP) is 2.14. The highest BCUT2D eigenvalue weighted by Gasteiger charge is 2.32. The lowest BCUT2D eigenvalue weighted by Crippen LogP contribution is -2.54. The Labute approximate surface area is 117 Å². The molecule has 0 aromatic carbocycles. The van der Waals surface area contributed by atoms with Crippen molar-refractivity contribution in [3.63, 3.8) is 0 Å². The molecule has 1 saturated heterocycles. The Balaban J connectivity index is 2.62. The Morgan fingerprint density at radius 3 is 2.37 bits per heavy atom. The van der Waals surface area contributed by atoms with Gasteiger partial charge in [-0.25, -0.2) is 0 Å². The van der Waals surface area contributed by atoms with E-state index in [-0.39, 0.29) is 11.3 Å². The zero-order valence-corrected chi connectivity index (χ0v) is 12.5. The summed E-state index contributed by atoms with van der Waals surface area (Å²) in [5, 5.41) is 0. The van der Waals surface area contributed by atoms with Crippen molar-refractivity contribution < 1.29 is 4.79 Å². The van der Waals surface area contributed by atoms with Crippen molar-refractivity contribution >= 4 is 5.91 Å². The maximum Gasteiger partial charge on any atom is 0.246 e. The van der Waals surface area contributed by atoms with Gasteiger partial charge in [-0.3, -0.25) is 9.69 Å². The highest BCUT2D eigenvalue weighted by atomic mass is 16.2. The molecule has 0 radical (unpaired) electrons. The zero-order valence-electron chi connectivity index (χ0n) is 12.5. The molecular formula is C16H26N2O. The summed E-state index contributed by atoms with van der Waals surface area (Å²) in [5.41, 5.74) is 0.210. The van der Waals surface area contributed by atoms with Gasteiger partial charge >= 0.3 is 0 Å². The van der Waals surface area contributed by atoms with E-state index in [1.807, 2.05) is 4.90 Å². The molecule has 0 aromatic heterocycles. The summed E-state index contributed by atoms with van der Waals surface area (Å²) >= 11 is 0. The largest absolute Gasteiger partial charge is 0.337 e. The number of hydrogen-bond donors (Lipinski definition) is 0. The summed E-state index contributed by atoms with van der Waals surface area (Å²) in [6.07, 6.45) is 8.63. The lowest BCUT2D eigenvalue weighted by atomic mass is 9.82. The van der Waals surface area contributed by atoms with E-state index < -0.39 is 0 Å². The minimum absolute atomic E-state index is 0.0376. The Morgan fingerprint density at radius 2 is 1.95 bits per heavy atom. The summed E-state index contributed by atoms with van der Waals surface area (Å²) in [6, 6.07) is 0.476. The first-order valence-electron chi connectivity index (χ1n) is 6.99. The molecule has 0 aromatic rings. The third-order valence-electron chi connectivity index (χ3n) is 3.80. The number of nitrogens with zero attached hydrogens (tertiary/aromatic N) is 2. The van der Waals surface area contributed by atoms with Crippen LogP contribution in [0.1, 0.15) is 33.6 Å². The topological polar surface area (TPSA) is 23.6 Å². The molecule has 1 heterocycles. The molecule has 3 nitrogen and oxygen atoms in total. The van der Waals surface area contributed by atoms with Crippen LogP contribution in [0.5, 0.6) is 0 Å². The number of piperazine rings is 1. The van der Waals surface area contributed by atoms with Crippen molar-refractivity contribution in [2.24, 2.45) is 5.41 Å². The van der Waals surface area contributed by atoms with E-state index >= 15 is 0 Å². The molecule has 106 valence electrons. The van der Waals surface area contributed by atoms with Gasteiger partial charge in [0.15, 0.2) is 0 Å². The molecule has 0 bridgehead atoms. The van der Waals surface area contributed by atoms with Crippen LogP contribution >= 0.6 is 0 Å². The first kappa shape index (κ1) is 15.8. The van der Waals surface area contributed by atoms with E-state index in [2.05, 4.69) is 38.2 Å². The van der Waals surface area contributed by atoms with Crippen molar-refractivity contribution in [1.82, 2.24) is 9.80 Å². The second-order valence-electron chi connectivity index (χ2n) is 6.19. The van der Waals surface area contributed by atoms with E-state index in [4.69, 9.17) is 6.42 Å². The van der Waals surface area contributed by atoms with Gasteiger partial charge < -0.3 is 4.90 Å². The molecule has 1 rings (SSSR count). The van der Waals surface area contributed by atoms with Crippen molar-refractivity contribution in [2.75, 3.05) is 26.2 Å². The molecule has 0 spiro atoms. The number of terminal acetylenes is 1. The Hall–Kier alpha value is -1.27. The minimum Gasteiger partial charge on any atom is -0.337 e. The molecule has 1 atom stereocenters. The van der Waals surface area contributed by atoms with Gasteiger partial charge in [-0.1, -0.05) is 27.4 Å². The van der Waals surface area contributed by atoms with Crippen LogP contribution in [0.3, 0.4) is 0 Å². The average molecular weight is 262 g/mol. The standard InChI is InChI=1S/C16H26N2O/c1-6-8-9-14(16(3,4)5)17-10-12-18(13-11-17)15(19)7-2/h1,7,14H,2,8-13H2,3-5H3. The van der Waals surface area contributed by atoms with Crippen molar-refractivity contribution in [3.05, 3.63) is 12.7 Å². The summed E-state index contributed by atoms with van der Waals surface area (Å²) in [6.45, 7) is 13.7. The number of amides is 1. The van der Waals surface area contributed by atoms with Gasteiger partial charge in [0.2, 0.25) is 5.91 Å². The maximum atomic E-state index is 11.6. The van der Waals surface area contributed by atoms with Crippen LogP contribution in [0.15, 0.2) is 12.7 Å². The third-order valence-corrected chi connectivity index (χ3v) is 3.80. The number of carbonyl (C=O) groups excluding carboxylic acids is 1. The maximum absolute atomic E-state index is 11.6. The van der Waals surface area contributed by atoms with Crippen molar-refractivity contribution in [1.29, 1.82) is 0 Å². The number of rotatable bonds is 4. The monoisotopic (exact) mass is 262 g/mol. The lowest BCUT2D eigenvalue weighted by Gasteiger charge is -2.44. The van der Waals surface area contributed by atoms with E-state index in [9.17, 15) is 4.79 Å². The number of hydrogen-bond acceptors (Lipinski definition) is 2. The quantitative estimate of drug-likeness (QED) is 0.572. The van der Waals surface area contributed by atoms with Crippen LogP contribution in [0.4, 0.5) is 0 Å². The average Bonchev–Trinajstić information content (AvgIpc) is 2.37. The van der Waals surface area contributed by atoms with Crippen LogP contribution < -0.4 is 0 Å². The van der Waals surface area contributed by atoms with E-state index in [0.29, 0.717) is 6.04 Å². The first-order chi connectivity index (χ1) is 8.90. The normalized spacial score (nSPS) is 18.7. The van der Waals surface area contributed by atoms with Gasteiger partial charge in [-0.2, -0.15) is 0 Å². The van der Waals surface area contributed by atoms with E-state index in [1.165, 1.54) is 6.08 Å². The van der Waals surface area contributed by atoms with Crippen LogP contribution in [0.25, 0.3) is 0 Å². The second kappa shape index (κ2) is 6.77. The van der Waals surface area contributed by atoms with Gasteiger partial charge in [0.1, 0.15) is 0 Å². The molecular weight excluding hydrogens is 236 g/mol. The molecule has 1 unspecified atom stereocenters. The fourth-order valence-electron chi connectivity index (χ4n) is 2.77. The highest BCUT2D eigenvalue weighted by Crippen LogP contribution is 2.28. The summed E-state index contributed by atoms with van der Waals surface area (Å²) in [7, 11) is 0. The van der Waals surface area contributed by atoms with Gasteiger partial charge in [0.25, 0.3) is 0 Å². The van der Waals surface area contributed by atoms with Crippen LogP contribution in [-0.2, 0) is 4.79 Å². The first-order valence-corrected chi connectivity index (χ1v) is 6.99. The molecule has 1 aliphatic rings. The van der Waals surface area contributed by atoms with Crippen LogP contribution in [-0.4, -0.2) is 47.9 Å². The molecule has 0 aliphatic carbocycles. The molecule has 3 heteroatoms. The summed E-state index contributed by atoms with van der Waals surface area (Å²) in [5.74, 6) is 2.78. The molecule has 19 heavy (non-hydrogen) atoms. The minimum atomic E-state index is 0.0376. The zero-order chi connectivity index (χ0) is 14.5. The fourth-order valence-corrected chi connectivity index (χ4v) is 2.77. The van der Waals surface area contributed by atoms with Crippen molar-refractivity contribution in [2.45, 2.75) is 39.7 Å². The Kier molecular flexibility index (Phi) is 5.62. The van der Waals surface area contributed by atoms with Crippen molar-refractivity contribution in [3.8, 4) is 12.3 Å². The number of carbonyl (C=O) groups is 1. The van der Waals surface area contributed by atoms with Gasteiger partial charge in [0.05, 0.1) is 0 Å². The Bertz CT molecular complexity index is 354. The molecule has 1 aliphatic heterocycles. The smallest absolute Gasteiger partial charge is 0.246 e. The molecule has 0 N–H and O–H groups in total. The highest BCUT2D eigenvalue weighted by molar-refractivity contribution is 5.87. The van der Waals surface area contributed by atoms with Gasteiger partial charge in [-0.05, 0) is 17.9 Å². The van der Waals surface area contributed by atoms with E-state index in [0.717, 1.165) is 39.0 Å². The molecule has 0 saturated carbocycles. The third kappa shape index (κ3) is 4.40. The SMILES string of the molecule is C#CCCC(N1CCN(C(=O)C=C)CC1)C(C)(C)C. The predicted molar refractivity (Wildman–Crippen MR) is 79.7 cm³/mol. The van der Waals surface area contributed by atoms with Gasteiger partial charge in [0, 0.05) is 38.6 Å². The lowest BCUT2D eigenvalue weighted by molar-refractivity contribution is -0.128. The van der Waals surface area contributed by atoms with Crippen LogP contribution in [0.2, 0.25) is 0 Å². The molecule has 1 fully saturated rings. The summed E-state index contributed by atoms with van der Waals surface area (Å²) in [4.78, 5) is 15.9. The summed E-state index contributed by atoms with van der Waals surface area (Å²) < 4.78 is 0. The van der Waals surface area contributed by atoms with E-state index in [1.54, 1.807) is 0 Å². The fraction of sp³-hybridized carbons (Fsp3) is 0.688. The van der Waals surface area contributed by atoms with Gasteiger partial charge in [-0.15, -0.1) is 12.3 Å². The molecule has 1 amide bonds. The second-order valence-corrected chi connectivity index (χ2v) is 6.19. The Morgan fingerprint density at radius 1 is 1.37 bits per heavy atom.